The van der Waals surface area contributed by atoms with Crippen molar-refractivity contribution in [3.63, 3.8) is 0 Å². The minimum atomic E-state index is 0.145. The SMILES string of the molecule is O=C(c1ccc(NSc2cccc3c2N=CCC3)cc1)N1CCN(CC2CC2)CC1. The molecule has 1 N–H and O–H groups in total. The second-order valence-electron chi connectivity index (χ2n) is 8.43. The highest BCUT2D eigenvalue weighted by atomic mass is 32.2. The van der Waals surface area contributed by atoms with Gasteiger partial charge in [0.1, 0.15) is 0 Å². The fourth-order valence-electron chi connectivity index (χ4n) is 4.15. The highest BCUT2D eigenvalue weighted by molar-refractivity contribution is 8.00. The molecule has 2 aromatic rings. The van der Waals surface area contributed by atoms with Gasteiger partial charge in [0.2, 0.25) is 0 Å². The number of anilines is 1. The van der Waals surface area contributed by atoms with E-state index in [1.165, 1.54) is 24.9 Å². The fraction of sp³-hybridized carbons (Fsp3) is 0.417. The summed E-state index contributed by atoms with van der Waals surface area (Å²) in [6.45, 7) is 4.89. The molecule has 0 aromatic heterocycles. The van der Waals surface area contributed by atoms with Crippen LogP contribution in [0.2, 0.25) is 0 Å². The van der Waals surface area contributed by atoms with Gasteiger partial charge in [0.15, 0.2) is 0 Å². The Morgan fingerprint density at radius 3 is 2.63 bits per heavy atom. The van der Waals surface area contributed by atoms with Crippen molar-refractivity contribution in [2.24, 2.45) is 10.9 Å². The Labute approximate surface area is 182 Å². The van der Waals surface area contributed by atoms with E-state index >= 15 is 0 Å². The number of aryl methyl sites for hydroxylation is 1. The first-order valence-corrected chi connectivity index (χ1v) is 11.8. The monoisotopic (exact) mass is 420 g/mol. The third-order valence-corrected chi connectivity index (χ3v) is 7.02. The number of nitrogens with zero attached hydrogens (tertiary/aromatic N) is 3. The minimum Gasteiger partial charge on any atom is -0.336 e. The molecule has 0 spiro atoms. The minimum absolute atomic E-state index is 0.145. The Hall–Kier alpha value is -2.31. The van der Waals surface area contributed by atoms with Gasteiger partial charge in [-0.3, -0.25) is 14.7 Å². The van der Waals surface area contributed by atoms with Gasteiger partial charge in [-0.25, -0.2) is 0 Å². The third kappa shape index (κ3) is 4.55. The van der Waals surface area contributed by atoms with E-state index in [0.29, 0.717) is 0 Å². The van der Waals surface area contributed by atoms with Crippen molar-refractivity contribution in [2.45, 2.75) is 30.6 Å². The molecule has 2 heterocycles. The van der Waals surface area contributed by atoms with Crippen LogP contribution in [0.1, 0.15) is 35.2 Å². The first-order chi connectivity index (χ1) is 14.8. The number of carbonyl (C=O) groups is 1. The average molecular weight is 421 g/mol. The molecular formula is C24H28N4OS. The molecule has 5 nitrogen and oxygen atoms in total. The quantitative estimate of drug-likeness (QED) is 0.693. The van der Waals surface area contributed by atoms with Crippen LogP contribution in [0.15, 0.2) is 52.4 Å². The maximum Gasteiger partial charge on any atom is 0.253 e. The Bertz CT molecular complexity index is 931. The number of aliphatic imine (C=N–C) groups is 1. The highest BCUT2D eigenvalue weighted by Crippen LogP contribution is 2.35. The average Bonchev–Trinajstić information content (AvgIpc) is 3.62. The molecule has 2 aliphatic heterocycles. The van der Waals surface area contributed by atoms with Crippen LogP contribution in [0.3, 0.4) is 0 Å². The van der Waals surface area contributed by atoms with Gasteiger partial charge in [-0.05, 0) is 79.4 Å². The Kier molecular flexibility index (Phi) is 5.77. The lowest BCUT2D eigenvalue weighted by molar-refractivity contribution is 0.0632. The maximum atomic E-state index is 12.9. The van der Waals surface area contributed by atoms with Gasteiger partial charge in [-0.15, -0.1) is 0 Å². The Morgan fingerprint density at radius 2 is 1.87 bits per heavy atom. The number of hydrogen-bond acceptors (Lipinski definition) is 5. The van der Waals surface area contributed by atoms with Crippen molar-refractivity contribution in [2.75, 3.05) is 37.4 Å². The van der Waals surface area contributed by atoms with Gasteiger partial charge < -0.3 is 9.62 Å². The molecule has 156 valence electrons. The first kappa shape index (κ1) is 19.6. The lowest BCUT2D eigenvalue weighted by Crippen LogP contribution is -2.49. The topological polar surface area (TPSA) is 47.9 Å². The molecule has 0 unspecified atom stereocenters. The molecule has 2 aromatic carbocycles. The van der Waals surface area contributed by atoms with Crippen LogP contribution in [0.5, 0.6) is 0 Å². The van der Waals surface area contributed by atoms with Gasteiger partial charge in [0, 0.05) is 50.2 Å². The van der Waals surface area contributed by atoms with Crippen molar-refractivity contribution < 1.29 is 4.79 Å². The second-order valence-corrected chi connectivity index (χ2v) is 9.28. The zero-order valence-corrected chi connectivity index (χ0v) is 18.0. The van der Waals surface area contributed by atoms with Gasteiger partial charge in [0.05, 0.1) is 10.6 Å². The van der Waals surface area contributed by atoms with Crippen LogP contribution in [-0.4, -0.2) is 54.6 Å². The molecule has 1 saturated heterocycles. The van der Waals surface area contributed by atoms with E-state index in [1.807, 2.05) is 35.4 Å². The summed E-state index contributed by atoms with van der Waals surface area (Å²) in [7, 11) is 0. The van der Waals surface area contributed by atoms with Crippen LogP contribution in [0.4, 0.5) is 11.4 Å². The van der Waals surface area contributed by atoms with E-state index in [-0.39, 0.29) is 5.91 Å². The largest absolute Gasteiger partial charge is 0.336 e. The van der Waals surface area contributed by atoms with E-state index in [0.717, 1.165) is 66.8 Å². The molecule has 0 bridgehead atoms. The lowest BCUT2D eigenvalue weighted by Gasteiger charge is -2.34. The molecule has 6 heteroatoms. The lowest BCUT2D eigenvalue weighted by atomic mass is 10.1. The molecule has 1 amide bonds. The third-order valence-electron chi connectivity index (χ3n) is 6.13. The van der Waals surface area contributed by atoms with Gasteiger partial charge in [-0.1, -0.05) is 12.1 Å². The number of benzene rings is 2. The molecule has 1 saturated carbocycles. The van der Waals surface area contributed by atoms with Gasteiger partial charge in [-0.2, -0.15) is 0 Å². The fourth-order valence-corrected chi connectivity index (χ4v) is 4.94. The summed E-state index contributed by atoms with van der Waals surface area (Å²) in [6, 6.07) is 14.2. The molecular weight excluding hydrogens is 392 g/mol. The zero-order valence-electron chi connectivity index (χ0n) is 17.2. The smallest absolute Gasteiger partial charge is 0.253 e. The molecule has 3 aliphatic rings. The van der Waals surface area contributed by atoms with E-state index in [1.54, 1.807) is 11.9 Å². The van der Waals surface area contributed by atoms with E-state index in [2.05, 4.69) is 32.8 Å². The van der Waals surface area contributed by atoms with Crippen LogP contribution < -0.4 is 4.72 Å². The summed E-state index contributed by atoms with van der Waals surface area (Å²) < 4.78 is 3.40. The summed E-state index contributed by atoms with van der Waals surface area (Å²) in [6.07, 6.45) is 6.84. The van der Waals surface area contributed by atoms with Crippen LogP contribution >= 0.6 is 11.9 Å². The molecule has 0 radical (unpaired) electrons. The van der Waals surface area contributed by atoms with E-state index < -0.39 is 0 Å². The number of hydrogen-bond donors (Lipinski definition) is 1. The van der Waals surface area contributed by atoms with Gasteiger partial charge >= 0.3 is 0 Å². The number of rotatable bonds is 6. The zero-order chi connectivity index (χ0) is 20.3. The number of fused-ring (bicyclic) bond motifs is 1. The Balaban J connectivity index is 1.16. The van der Waals surface area contributed by atoms with Crippen LogP contribution in [0.25, 0.3) is 0 Å². The summed E-state index contributed by atoms with van der Waals surface area (Å²) in [5.41, 5.74) is 4.14. The molecule has 30 heavy (non-hydrogen) atoms. The number of para-hydroxylation sites is 1. The van der Waals surface area contributed by atoms with Crippen LogP contribution in [0, 0.1) is 5.92 Å². The Morgan fingerprint density at radius 1 is 1.07 bits per heavy atom. The summed E-state index contributed by atoms with van der Waals surface area (Å²) in [5.74, 6) is 1.06. The standard InChI is InChI=1S/C24H28N4OS/c29-24(28-15-13-27(14-16-28)17-18-6-7-18)20-8-10-21(11-9-20)26-30-22-5-1-3-19-4-2-12-25-23(19)22/h1,3,5,8-12,18,26H,2,4,6-7,13-17H2. The predicted molar refractivity (Wildman–Crippen MR) is 124 cm³/mol. The normalized spacial score (nSPS) is 18.9. The number of amides is 1. The molecule has 1 aliphatic carbocycles. The first-order valence-electron chi connectivity index (χ1n) is 11.0. The summed E-state index contributed by atoms with van der Waals surface area (Å²) >= 11 is 1.58. The second kappa shape index (κ2) is 8.82. The number of carbonyl (C=O) groups excluding carboxylic acids is 1. The number of piperazine rings is 1. The van der Waals surface area contributed by atoms with E-state index in [4.69, 9.17) is 0 Å². The van der Waals surface area contributed by atoms with Crippen molar-refractivity contribution in [1.82, 2.24) is 9.80 Å². The van der Waals surface area contributed by atoms with E-state index in [9.17, 15) is 4.79 Å². The summed E-state index contributed by atoms with van der Waals surface area (Å²) in [4.78, 5) is 23.1. The highest BCUT2D eigenvalue weighted by Gasteiger charge is 2.27. The maximum absolute atomic E-state index is 12.9. The van der Waals surface area contributed by atoms with Crippen molar-refractivity contribution >= 4 is 35.4 Å². The number of nitrogens with one attached hydrogen (secondary N) is 1. The van der Waals surface area contributed by atoms with Crippen molar-refractivity contribution in [3.05, 3.63) is 53.6 Å². The predicted octanol–water partition coefficient (Wildman–Crippen LogP) is 4.62. The molecule has 0 atom stereocenters. The van der Waals surface area contributed by atoms with Gasteiger partial charge in [0.25, 0.3) is 5.91 Å². The molecule has 5 rings (SSSR count). The molecule has 2 fully saturated rings. The van der Waals surface area contributed by atoms with Crippen molar-refractivity contribution in [3.8, 4) is 0 Å². The summed E-state index contributed by atoms with van der Waals surface area (Å²) in [5, 5.41) is 0. The van der Waals surface area contributed by atoms with Crippen molar-refractivity contribution in [1.29, 1.82) is 0 Å². The van der Waals surface area contributed by atoms with Crippen LogP contribution in [-0.2, 0) is 6.42 Å².